The van der Waals surface area contributed by atoms with Crippen molar-refractivity contribution in [2.45, 2.75) is 19.8 Å². The summed E-state index contributed by atoms with van der Waals surface area (Å²) in [5.41, 5.74) is 0. The molecule has 0 aromatic heterocycles. The van der Waals surface area contributed by atoms with Crippen molar-refractivity contribution in [2.75, 3.05) is 0 Å². The van der Waals surface area contributed by atoms with Gasteiger partial charge in [-0.1, -0.05) is 18.2 Å². The van der Waals surface area contributed by atoms with E-state index in [0.717, 1.165) is 12.8 Å². The smallest absolute Gasteiger partial charge is 0.0908 e. The molecule has 0 saturated heterocycles. The minimum absolute atomic E-state index is 0.970. The number of hydrogen-bond acceptors (Lipinski definition) is 1. The summed E-state index contributed by atoms with van der Waals surface area (Å²) >= 11 is 0. The van der Waals surface area contributed by atoms with Crippen LogP contribution in [-0.4, -0.2) is 0 Å². The molecule has 9 heavy (non-hydrogen) atoms. The van der Waals surface area contributed by atoms with Crippen LogP contribution in [0.25, 0.3) is 0 Å². The van der Waals surface area contributed by atoms with Gasteiger partial charge in [0.1, 0.15) is 0 Å². The van der Waals surface area contributed by atoms with Crippen LogP contribution < -0.4 is 0 Å². The molecule has 0 aliphatic heterocycles. The van der Waals surface area contributed by atoms with Crippen LogP contribution in [0.4, 0.5) is 0 Å². The van der Waals surface area contributed by atoms with Crippen molar-refractivity contribution >= 4 is 0 Å². The average molecular weight is 121 g/mol. The quantitative estimate of drug-likeness (QED) is 0.319. The van der Waals surface area contributed by atoms with E-state index in [-0.39, 0.29) is 0 Å². The van der Waals surface area contributed by atoms with E-state index in [1.54, 1.807) is 0 Å². The molecule has 0 spiro atoms. The lowest BCUT2D eigenvalue weighted by molar-refractivity contribution is 1.05. The van der Waals surface area contributed by atoms with Gasteiger partial charge in [0.05, 0.1) is 6.07 Å². The van der Waals surface area contributed by atoms with Crippen molar-refractivity contribution < 1.29 is 0 Å². The number of hydrogen-bond donors (Lipinski definition) is 0. The molecule has 0 heterocycles. The second-order valence-corrected chi connectivity index (χ2v) is 1.68. The molecule has 0 unspecified atom stereocenters. The molecule has 0 atom stereocenters. The normalized spacial score (nSPS) is 10.7. The number of rotatable bonds is 3. The monoisotopic (exact) mass is 121 g/mol. The van der Waals surface area contributed by atoms with Crippen LogP contribution in [0.3, 0.4) is 0 Å². The van der Waals surface area contributed by atoms with Crippen LogP contribution in [0.5, 0.6) is 0 Å². The molecule has 0 saturated carbocycles. The Balaban J connectivity index is 3.12. The van der Waals surface area contributed by atoms with Gasteiger partial charge in [0.25, 0.3) is 0 Å². The third kappa shape index (κ3) is 6.97. The predicted molar refractivity (Wildman–Crippen MR) is 38.8 cm³/mol. The Hall–Kier alpha value is -1.03. The number of nitriles is 1. The maximum atomic E-state index is 8.07. The molecule has 48 valence electrons. The van der Waals surface area contributed by atoms with Crippen molar-refractivity contribution in [3.8, 4) is 6.07 Å². The van der Waals surface area contributed by atoms with Crippen LogP contribution in [0, 0.1) is 11.3 Å². The summed E-state index contributed by atoms with van der Waals surface area (Å²) in [6, 6.07) is 1.94. The molecule has 0 aromatic rings. The summed E-state index contributed by atoms with van der Waals surface area (Å²) in [4.78, 5) is 0. The summed E-state index contributed by atoms with van der Waals surface area (Å²) in [5.74, 6) is 0. The Morgan fingerprint density at radius 3 is 2.56 bits per heavy atom. The van der Waals surface area contributed by atoms with Crippen LogP contribution in [0.15, 0.2) is 24.3 Å². The molecular weight excluding hydrogens is 110 g/mol. The minimum atomic E-state index is 0.970. The Labute approximate surface area is 56.3 Å². The Kier molecular flexibility index (Phi) is 6.17. The highest BCUT2D eigenvalue weighted by Gasteiger charge is 1.72. The molecule has 0 N–H and O–H groups in total. The zero-order valence-electron chi connectivity index (χ0n) is 5.67. The minimum Gasteiger partial charge on any atom is -0.193 e. The van der Waals surface area contributed by atoms with E-state index in [9.17, 15) is 0 Å². The topological polar surface area (TPSA) is 23.8 Å². The van der Waals surface area contributed by atoms with Gasteiger partial charge in [-0.15, -0.1) is 0 Å². The maximum Gasteiger partial charge on any atom is 0.0908 e. The maximum absolute atomic E-state index is 8.07. The van der Waals surface area contributed by atoms with E-state index in [0.29, 0.717) is 0 Å². The van der Waals surface area contributed by atoms with E-state index < -0.39 is 0 Å². The van der Waals surface area contributed by atoms with Gasteiger partial charge < -0.3 is 0 Å². The summed E-state index contributed by atoms with van der Waals surface area (Å²) in [6.45, 7) is 1.99. The van der Waals surface area contributed by atoms with Gasteiger partial charge in [-0.05, 0) is 19.8 Å². The zero-order valence-corrected chi connectivity index (χ0v) is 5.67. The lowest BCUT2D eigenvalue weighted by Crippen LogP contribution is -1.61. The van der Waals surface area contributed by atoms with Crippen molar-refractivity contribution in [2.24, 2.45) is 0 Å². The second kappa shape index (κ2) is 6.97. The van der Waals surface area contributed by atoms with Crippen molar-refractivity contribution in [3.05, 3.63) is 24.3 Å². The largest absolute Gasteiger partial charge is 0.193 e. The molecule has 1 heteroatoms. The summed E-state index contributed by atoms with van der Waals surface area (Å²) in [6.07, 6.45) is 9.50. The third-order valence-corrected chi connectivity index (χ3v) is 0.928. The van der Waals surface area contributed by atoms with Crippen molar-refractivity contribution in [3.63, 3.8) is 0 Å². The van der Waals surface area contributed by atoms with Gasteiger partial charge in [-0.25, -0.2) is 0 Å². The predicted octanol–water partition coefficient (Wildman–Crippen LogP) is 2.42. The SMILES string of the molecule is C/C=C\CC/C=C\C#N. The first-order valence-electron chi connectivity index (χ1n) is 3.07. The molecule has 0 aliphatic rings. The van der Waals surface area contributed by atoms with Gasteiger partial charge in [-0.3, -0.25) is 0 Å². The van der Waals surface area contributed by atoms with Crippen LogP contribution in [0.2, 0.25) is 0 Å². The highest BCUT2D eigenvalue weighted by Crippen LogP contribution is 1.91. The summed E-state index contributed by atoms with van der Waals surface area (Å²) in [5, 5.41) is 8.07. The molecular formula is C8H11N. The zero-order chi connectivity index (χ0) is 6.95. The fourth-order valence-corrected chi connectivity index (χ4v) is 0.495. The van der Waals surface area contributed by atoms with Gasteiger partial charge >= 0.3 is 0 Å². The third-order valence-electron chi connectivity index (χ3n) is 0.928. The molecule has 1 nitrogen and oxygen atoms in total. The van der Waals surface area contributed by atoms with Gasteiger partial charge in [0.15, 0.2) is 0 Å². The van der Waals surface area contributed by atoms with Crippen LogP contribution in [-0.2, 0) is 0 Å². The Bertz CT molecular complexity index is 137. The molecule has 0 radical (unpaired) electrons. The van der Waals surface area contributed by atoms with E-state index in [1.807, 2.05) is 25.1 Å². The highest BCUT2D eigenvalue weighted by atomic mass is 14.2. The summed E-state index contributed by atoms with van der Waals surface area (Å²) in [7, 11) is 0. The first-order chi connectivity index (χ1) is 4.41. The standard InChI is InChI=1S/C8H11N/c1-2-3-4-5-6-7-8-9/h2-3,6-7H,4-5H2,1H3/b3-2-,7-6-. The Morgan fingerprint density at radius 2 is 2.00 bits per heavy atom. The molecule has 0 aromatic carbocycles. The molecule has 0 rings (SSSR count). The molecule has 0 amide bonds. The number of unbranched alkanes of at least 4 members (excludes halogenated alkanes) is 1. The highest BCUT2D eigenvalue weighted by molar-refractivity contribution is 5.01. The lowest BCUT2D eigenvalue weighted by Gasteiger charge is -1.80. The first-order valence-corrected chi connectivity index (χ1v) is 3.07. The molecule has 0 fully saturated rings. The molecule has 0 bridgehead atoms. The van der Waals surface area contributed by atoms with Gasteiger partial charge in [0.2, 0.25) is 0 Å². The van der Waals surface area contributed by atoms with Crippen LogP contribution >= 0.6 is 0 Å². The van der Waals surface area contributed by atoms with E-state index in [4.69, 9.17) is 5.26 Å². The van der Waals surface area contributed by atoms with E-state index in [1.165, 1.54) is 6.08 Å². The fraction of sp³-hybridized carbons (Fsp3) is 0.375. The van der Waals surface area contributed by atoms with Gasteiger partial charge in [0, 0.05) is 6.08 Å². The fourth-order valence-electron chi connectivity index (χ4n) is 0.495. The summed E-state index contributed by atoms with van der Waals surface area (Å²) < 4.78 is 0. The van der Waals surface area contributed by atoms with Crippen molar-refractivity contribution in [1.82, 2.24) is 0 Å². The van der Waals surface area contributed by atoms with E-state index >= 15 is 0 Å². The Morgan fingerprint density at radius 1 is 1.33 bits per heavy atom. The number of nitrogens with zero attached hydrogens (tertiary/aromatic N) is 1. The first kappa shape index (κ1) is 7.97. The van der Waals surface area contributed by atoms with Crippen LogP contribution in [0.1, 0.15) is 19.8 Å². The number of allylic oxidation sites excluding steroid dienone is 4. The van der Waals surface area contributed by atoms with E-state index in [2.05, 4.69) is 6.08 Å². The lowest BCUT2D eigenvalue weighted by atomic mass is 10.3. The molecule has 0 aliphatic carbocycles. The average Bonchev–Trinajstić information content (AvgIpc) is 1.89. The van der Waals surface area contributed by atoms with Crippen molar-refractivity contribution in [1.29, 1.82) is 5.26 Å². The second-order valence-electron chi connectivity index (χ2n) is 1.68. The van der Waals surface area contributed by atoms with Gasteiger partial charge in [-0.2, -0.15) is 5.26 Å².